The van der Waals surface area contributed by atoms with Crippen LogP contribution < -0.4 is 5.73 Å². The molecule has 0 heterocycles. The molecule has 3 nitrogen and oxygen atoms in total. The number of hydrogen-bond donors (Lipinski definition) is 2. The Morgan fingerprint density at radius 1 is 1.38 bits per heavy atom. The Morgan fingerprint density at radius 2 is 2.00 bits per heavy atom. The number of rotatable bonds is 3. The van der Waals surface area contributed by atoms with Gasteiger partial charge >= 0.3 is 0 Å². The normalized spacial score (nSPS) is 9.62. The van der Waals surface area contributed by atoms with Crippen LogP contribution in [0.3, 0.4) is 0 Å². The van der Waals surface area contributed by atoms with Crippen molar-refractivity contribution in [3.8, 4) is 0 Å². The van der Waals surface area contributed by atoms with Gasteiger partial charge in [-0.2, -0.15) is 0 Å². The van der Waals surface area contributed by atoms with Gasteiger partial charge in [0.15, 0.2) is 5.96 Å². The van der Waals surface area contributed by atoms with Crippen molar-refractivity contribution in [1.82, 2.24) is 4.90 Å². The average Bonchev–Trinajstić information content (AvgIpc) is 2.15. The van der Waals surface area contributed by atoms with E-state index in [0.717, 1.165) is 6.54 Å². The van der Waals surface area contributed by atoms with Crippen LogP contribution >= 0.6 is 0 Å². The van der Waals surface area contributed by atoms with E-state index in [2.05, 4.69) is 0 Å². The Labute approximate surface area is 78.7 Å². The van der Waals surface area contributed by atoms with Gasteiger partial charge in [-0.25, -0.2) is 0 Å². The Balaban J connectivity index is 2.62. The molecule has 0 unspecified atom stereocenters. The largest absolute Gasteiger partial charge is 0.370 e. The zero-order valence-electron chi connectivity index (χ0n) is 7.83. The zero-order chi connectivity index (χ0) is 9.68. The van der Waals surface area contributed by atoms with Gasteiger partial charge in [-0.3, -0.25) is 5.41 Å². The van der Waals surface area contributed by atoms with Crippen LogP contribution in [0.1, 0.15) is 12.5 Å². The molecule has 0 radical (unpaired) electrons. The van der Waals surface area contributed by atoms with Crippen LogP contribution in [0.15, 0.2) is 30.3 Å². The van der Waals surface area contributed by atoms with Crippen LogP contribution in [-0.4, -0.2) is 17.4 Å². The number of nitrogens with zero attached hydrogens (tertiary/aromatic N) is 1. The van der Waals surface area contributed by atoms with Gasteiger partial charge in [-0.15, -0.1) is 0 Å². The molecule has 3 heteroatoms. The Hall–Kier alpha value is -1.51. The first-order valence-electron chi connectivity index (χ1n) is 4.37. The molecule has 1 aromatic rings. The highest BCUT2D eigenvalue weighted by Crippen LogP contribution is 2.02. The first-order chi connectivity index (χ1) is 6.24. The van der Waals surface area contributed by atoms with E-state index in [1.807, 2.05) is 42.2 Å². The van der Waals surface area contributed by atoms with E-state index in [0.29, 0.717) is 6.54 Å². The highest BCUT2D eigenvalue weighted by molar-refractivity contribution is 5.74. The van der Waals surface area contributed by atoms with Gasteiger partial charge in [0.05, 0.1) is 0 Å². The molecular weight excluding hydrogens is 162 g/mol. The van der Waals surface area contributed by atoms with Crippen molar-refractivity contribution in [2.45, 2.75) is 13.5 Å². The summed E-state index contributed by atoms with van der Waals surface area (Å²) in [6.45, 7) is 3.47. The third-order valence-corrected chi connectivity index (χ3v) is 1.94. The van der Waals surface area contributed by atoms with E-state index in [9.17, 15) is 0 Å². The molecule has 0 aliphatic rings. The fourth-order valence-electron chi connectivity index (χ4n) is 1.17. The summed E-state index contributed by atoms with van der Waals surface area (Å²) in [5.74, 6) is 0.131. The summed E-state index contributed by atoms with van der Waals surface area (Å²) in [5, 5.41) is 7.30. The third kappa shape index (κ3) is 2.78. The smallest absolute Gasteiger partial charge is 0.188 e. The fraction of sp³-hybridized carbons (Fsp3) is 0.300. The van der Waals surface area contributed by atoms with Crippen molar-refractivity contribution < 1.29 is 0 Å². The molecule has 0 atom stereocenters. The van der Waals surface area contributed by atoms with Crippen LogP contribution in [0.4, 0.5) is 0 Å². The lowest BCUT2D eigenvalue weighted by Gasteiger charge is -2.20. The average molecular weight is 177 g/mol. The van der Waals surface area contributed by atoms with Gasteiger partial charge in [0.2, 0.25) is 0 Å². The SMILES string of the molecule is CCN(Cc1ccccc1)C(=N)N. The first kappa shape index (κ1) is 9.58. The topological polar surface area (TPSA) is 53.1 Å². The summed E-state index contributed by atoms with van der Waals surface area (Å²) >= 11 is 0. The maximum atomic E-state index is 7.30. The molecule has 0 saturated heterocycles. The van der Waals surface area contributed by atoms with E-state index >= 15 is 0 Å². The van der Waals surface area contributed by atoms with Gasteiger partial charge in [0.25, 0.3) is 0 Å². The zero-order valence-corrected chi connectivity index (χ0v) is 7.83. The quantitative estimate of drug-likeness (QED) is 0.541. The summed E-state index contributed by atoms with van der Waals surface area (Å²) < 4.78 is 0. The highest BCUT2D eigenvalue weighted by Gasteiger charge is 2.03. The van der Waals surface area contributed by atoms with Crippen LogP contribution in [0, 0.1) is 5.41 Å². The molecule has 0 aliphatic carbocycles. The molecule has 0 aromatic heterocycles. The van der Waals surface area contributed by atoms with Crippen molar-refractivity contribution in [3.63, 3.8) is 0 Å². The number of hydrogen-bond acceptors (Lipinski definition) is 1. The molecule has 0 amide bonds. The predicted octanol–water partition coefficient (Wildman–Crippen LogP) is 1.40. The van der Waals surface area contributed by atoms with Gasteiger partial charge in [0.1, 0.15) is 0 Å². The van der Waals surface area contributed by atoms with E-state index < -0.39 is 0 Å². The summed E-state index contributed by atoms with van der Waals surface area (Å²) in [6.07, 6.45) is 0. The van der Waals surface area contributed by atoms with Crippen molar-refractivity contribution in [1.29, 1.82) is 5.41 Å². The lowest BCUT2D eigenvalue weighted by atomic mass is 10.2. The highest BCUT2D eigenvalue weighted by atomic mass is 15.2. The van der Waals surface area contributed by atoms with Crippen molar-refractivity contribution >= 4 is 5.96 Å². The van der Waals surface area contributed by atoms with E-state index in [4.69, 9.17) is 11.1 Å². The maximum Gasteiger partial charge on any atom is 0.188 e. The molecule has 0 fully saturated rings. The number of guanidine groups is 1. The van der Waals surface area contributed by atoms with Crippen molar-refractivity contribution in [2.75, 3.05) is 6.54 Å². The standard InChI is InChI=1S/C10H15N3/c1-2-13(10(11)12)8-9-6-4-3-5-7-9/h3-7H,2,8H2,1H3,(H3,11,12). The monoisotopic (exact) mass is 177 g/mol. The second kappa shape index (κ2) is 4.50. The van der Waals surface area contributed by atoms with E-state index in [1.54, 1.807) is 0 Å². The second-order valence-corrected chi connectivity index (χ2v) is 2.89. The molecular formula is C10H15N3. The lowest BCUT2D eigenvalue weighted by Crippen LogP contribution is -2.35. The van der Waals surface area contributed by atoms with Crippen LogP contribution in [-0.2, 0) is 6.54 Å². The van der Waals surface area contributed by atoms with E-state index in [-0.39, 0.29) is 5.96 Å². The Kier molecular flexibility index (Phi) is 3.31. The third-order valence-electron chi connectivity index (χ3n) is 1.94. The second-order valence-electron chi connectivity index (χ2n) is 2.89. The number of benzene rings is 1. The summed E-state index contributed by atoms with van der Waals surface area (Å²) in [7, 11) is 0. The van der Waals surface area contributed by atoms with Gasteiger partial charge in [0, 0.05) is 13.1 Å². The fourth-order valence-corrected chi connectivity index (χ4v) is 1.17. The molecule has 13 heavy (non-hydrogen) atoms. The van der Waals surface area contributed by atoms with Crippen molar-refractivity contribution in [3.05, 3.63) is 35.9 Å². The minimum Gasteiger partial charge on any atom is -0.370 e. The first-order valence-corrected chi connectivity index (χ1v) is 4.37. The Morgan fingerprint density at radius 3 is 2.46 bits per heavy atom. The van der Waals surface area contributed by atoms with E-state index in [1.165, 1.54) is 5.56 Å². The van der Waals surface area contributed by atoms with Gasteiger partial charge < -0.3 is 10.6 Å². The van der Waals surface area contributed by atoms with Crippen LogP contribution in [0.5, 0.6) is 0 Å². The minimum absolute atomic E-state index is 0.131. The molecule has 0 spiro atoms. The van der Waals surface area contributed by atoms with Crippen LogP contribution in [0.25, 0.3) is 0 Å². The van der Waals surface area contributed by atoms with Crippen molar-refractivity contribution in [2.24, 2.45) is 5.73 Å². The molecule has 0 aliphatic heterocycles. The molecule has 0 saturated carbocycles. The molecule has 1 rings (SSSR count). The molecule has 1 aromatic carbocycles. The summed E-state index contributed by atoms with van der Waals surface area (Å²) in [6, 6.07) is 10.0. The summed E-state index contributed by atoms with van der Waals surface area (Å²) in [5.41, 5.74) is 6.58. The maximum absolute atomic E-state index is 7.30. The number of nitrogens with one attached hydrogen (secondary N) is 1. The molecule has 3 N–H and O–H groups in total. The number of nitrogens with two attached hydrogens (primary N) is 1. The molecule has 0 bridgehead atoms. The molecule has 70 valence electrons. The lowest BCUT2D eigenvalue weighted by molar-refractivity contribution is 0.427. The van der Waals surface area contributed by atoms with Gasteiger partial charge in [-0.1, -0.05) is 30.3 Å². The van der Waals surface area contributed by atoms with Crippen LogP contribution in [0.2, 0.25) is 0 Å². The Bertz CT molecular complexity index is 269. The summed E-state index contributed by atoms with van der Waals surface area (Å²) in [4.78, 5) is 1.81. The van der Waals surface area contributed by atoms with Gasteiger partial charge in [-0.05, 0) is 12.5 Å². The predicted molar refractivity (Wildman–Crippen MR) is 54.4 cm³/mol. The minimum atomic E-state index is 0.131.